The Kier molecular flexibility index (Phi) is 6.39. The molecule has 1 unspecified atom stereocenters. The van der Waals surface area contributed by atoms with E-state index in [2.05, 4.69) is 6.08 Å². The summed E-state index contributed by atoms with van der Waals surface area (Å²) in [7, 11) is 1.66. The van der Waals surface area contributed by atoms with Crippen molar-refractivity contribution in [3.05, 3.63) is 11.8 Å². The summed E-state index contributed by atoms with van der Waals surface area (Å²) >= 11 is 0. The van der Waals surface area contributed by atoms with Gasteiger partial charge in [0.05, 0.1) is 25.9 Å². The van der Waals surface area contributed by atoms with E-state index >= 15 is 0 Å². The first-order valence-electron chi connectivity index (χ1n) is 5.49. The normalized spacial score (nSPS) is 18.1. The molecule has 1 heterocycles. The summed E-state index contributed by atoms with van der Waals surface area (Å²) in [6.07, 6.45) is 5.06. The average Bonchev–Trinajstić information content (AvgIpc) is 2.30. The fourth-order valence-electron chi connectivity index (χ4n) is 1.43. The molecule has 4 heteroatoms. The van der Waals surface area contributed by atoms with E-state index in [4.69, 9.17) is 19.9 Å². The van der Waals surface area contributed by atoms with Crippen LogP contribution in [0.15, 0.2) is 11.8 Å². The molecule has 4 nitrogen and oxygen atoms in total. The Bertz CT molecular complexity index is 194. The molecule has 0 saturated carbocycles. The summed E-state index contributed by atoms with van der Waals surface area (Å²) < 4.78 is 15.7. The van der Waals surface area contributed by atoms with E-state index in [1.807, 2.05) is 0 Å². The third kappa shape index (κ3) is 5.16. The van der Waals surface area contributed by atoms with Gasteiger partial charge in [-0.3, -0.25) is 0 Å². The fourth-order valence-corrected chi connectivity index (χ4v) is 1.43. The highest BCUT2D eigenvalue weighted by Gasteiger charge is 2.12. The van der Waals surface area contributed by atoms with E-state index in [1.165, 1.54) is 0 Å². The lowest BCUT2D eigenvalue weighted by Gasteiger charge is -2.20. The van der Waals surface area contributed by atoms with Crippen molar-refractivity contribution in [3.63, 3.8) is 0 Å². The predicted molar refractivity (Wildman–Crippen MR) is 58.6 cm³/mol. The number of nitrogens with two attached hydrogens (primary N) is 1. The molecule has 0 saturated heterocycles. The molecule has 1 aliphatic rings. The Morgan fingerprint density at radius 2 is 2.33 bits per heavy atom. The van der Waals surface area contributed by atoms with Gasteiger partial charge in [-0.05, 0) is 25.3 Å². The van der Waals surface area contributed by atoms with Gasteiger partial charge in [0.25, 0.3) is 0 Å². The van der Waals surface area contributed by atoms with Crippen LogP contribution in [-0.2, 0) is 14.2 Å². The topological polar surface area (TPSA) is 53.7 Å². The van der Waals surface area contributed by atoms with Crippen molar-refractivity contribution in [2.24, 2.45) is 5.73 Å². The maximum Gasteiger partial charge on any atom is 0.109 e. The molecule has 88 valence electrons. The van der Waals surface area contributed by atoms with E-state index in [1.54, 1.807) is 7.11 Å². The third-order valence-electron chi connectivity index (χ3n) is 2.33. The molecule has 0 spiro atoms. The summed E-state index contributed by atoms with van der Waals surface area (Å²) in [6.45, 7) is 2.72. The van der Waals surface area contributed by atoms with Gasteiger partial charge >= 0.3 is 0 Å². The number of rotatable bonds is 7. The maximum atomic E-state index is 5.96. The number of ether oxygens (including phenoxy) is 3. The van der Waals surface area contributed by atoms with Gasteiger partial charge in [0.1, 0.15) is 5.76 Å². The van der Waals surface area contributed by atoms with Crippen LogP contribution in [0.1, 0.15) is 19.3 Å². The largest absolute Gasteiger partial charge is 0.497 e. The summed E-state index contributed by atoms with van der Waals surface area (Å²) in [5, 5.41) is 0. The van der Waals surface area contributed by atoms with Gasteiger partial charge in [-0.1, -0.05) is 0 Å². The van der Waals surface area contributed by atoms with Crippen LogP contribution in [0.4, 0.5) is 0 Å². The highest BCUT2D eigenvalue weighted by molar-refractivity contribution is 5.04. The Hall–Kier alpha value is -0.580. The molecule has 0 fully saturated rings. The summed E-state index contributed by atoms with van der Waals surface area (Å²) in [5.74, 6) is 0.927. The van der Waals surface area contributed by atoms with E-state index < -0.39 is 0 Å². The number of methoxy groups -OCH3 is 1. The standard InChI is InChI=1S/C11H21NO3/c1-13-8-9-14-7-5-10(12)11-4-2-3-6-15-11/h4,10H,2-3,5-9,12H2,1H3. The lowest BCUT2D eigenvalue weighted by atomic mass is 10.1. The number of hydrogen-bond donors (Lipinski definition) is 1. The molecule has 0 aromatic heterocycles. The highest BCUT2D eigenvalue weighted by Crippen LogP contribution is 2.14. The smallest absolute Gasteiger partial charge is 0.109 e. The minimum Gasteiger partial charge on any atom is -0.497 e. The van der Waals surface area contributed by atoms with Gasteiger partial charge in [0, 0.05) is 13.7 Å². The molecule has 0 amide bonds. The second-order valence-corrected chi connectivity index (χ2v) is 3.60. The Morgan fingerprint density at radius 3 is 3.00 bits per heavy atom. The molecule has 1 atom stereocenters. The molecule has 1 rings (SSSR count). The zero-order valence-electron chi connectivity index (χ0n) is 9.41. The van der Waals surface area contributed by atoms with Crippen LogP contribution >= 0.6 is 0 Å². The molecule has 2 N–H and O–H groups in total. The van der Waals surface area contributed by atoms with E-state index in [0.717, 1.165) is 31.6 Å². The van der Waals surface area contributed by atoms with Gasteiger partial charge in [-0.15, -0.1) is 0 Å². The second-order valence-electron chi connectivity index (χ2n) is 3.60. The zero-order chi connectivity index (χ0) is 10.9. The van der Waals surface area contributed by atoms with E-state index in [9.17, 15) is 0 Å². The molecule has 1 aliphatic heterocycles. The minimum absolute atomic E-state index is 0.0205. The lowest BCUT2D eigenvalue weighted by molar-refractivity contribution is 0.0649. The van der Waals surface area contributed by atoms with E-state index in [0.29, 0.717) is 19.8 Å². The Labute approximate surface area is 91.4 Å². The van der Waals surface area contributed by atoms with Crippen molar-refractivity contribution in [3.8, 4) is 0 Å². The summed E-state index contributed by atoms with van der Waals surface area (Å²) in [6, 6.07) is -0.0205. The first kappa shape index (κ1) is 12.5. The van der Waals surface area contributed by atoms with Crippen molar-refractivity contribution in [1.29, 1.82) is 0 Å². The molecule has 0 aliphatic carbocycles. The summed E-state index contributed by atoms with van der Waals surface area (Å²) in [4.78, 5) is 0. The van der Waals surface area contributed by atoms with Gasteiger partial charge in [0.2, 0.25) is 0 Å². The van der Waals surface area contributed by atoms with Crippen molar-refractivity contribution >= 4 is 0 Å². The SMILES string of the molecule is COCCOCCC(N)C1=CCCCO1. The van der Waals surface area contributed by atoms with Gasteiger partial charge in [-0.25, -0.2) is 0 Å². The van der Waals surface area contributed by atoms with Crippen molar-refractivity contribution < 1.29 is 14.2 Å². The van der Waals surface area contributed by atoms with Gasteiger partial charge < -0.3 is 19.9 Å². The molecule has 15 heavy (non-hydrogen) atoms. The highest BCUT2D eigenvalue weighted by atomic mass is 16.5. The predicted octanol–water partition coefficient (Wildman–Crippen LogP) is 1.06. The maximum absolute atomic E-state index is 5.96. The third-order valence-corrected chi connectivity index (χ3v) is 2.33. The van der Waals surface area contributed by atoms with Gasteiger partial charge in [-0.2, -0.15) is 0 Å². The molecule has 0 aromatic rings. The van der Waals surface area contributed by atoms with Crippen molar-refractivity contribution in [2.75, 3.05) is 33.5 Å². The van der Waals surface area contributed by atoms with Crippen LogP contribution in [0, 0.1) is 0 Å². The van der Waals surface area contributed by atoms with Crippen LogP contribution in [0.25, 0.3) is 0 Å². The van der Waals surface area contributed by atoms with Crippen LogP contribution in [0.3, 0.4) is 0 Å². The van der Waals surface area contributed by atoms with Crippen LogP contribution in [0.5, 0.6) is 0 Å². The van der Waals surface area contributed by atoms with Crippen molar-refractivity contribution in [2.45, 2.75) is 25.3 Å². The molecule has 0 aromatic carbocycles. The average molecular weight is 215 g/mol. The van der Waals surface area contributed by atoms with Crippen LogP contribution in [0.2, 0.25) is 0 Å². The first-order valence-corrected chi connectivity index (χ1v) is 5.49. The Balaban J connectivity index is 2.07. The van der Waals surface area contributed by atoms with Crippen LogP contribution in [-0.4, -0.2) is 39.6 Å². The quantitative estimate of drug-likeness (QED) is 0.645. The fraction of sp³-hybridized carbons (Fsp3) is 0.818. The summed E-state index contributed by atoms with van der Waals surface area (Å²) in [5.41, 5.74) is 5.96. The molecular weight excluding hydrogens is 194 g/mol. The number of allylic oxidation sites excluding steroid dienone is 1. The minimum atomic E-state index is -0.0205. The van der Waals surface area contributed by atoms with E-state index in [-0.39, 0.29) is 6.04 Å². The van der Waals surface area contributed by atoms with Crippen molar-refractivity contribution in [1.82, 2.24) is 0 Å². The lowest BCUT2D eigenvalue weighted by Crippen LogP contribution is -2.27. The Morgan fingerprint density at radius 1 is 1.47 bits per heavy atom. The molecule has 0 radical (unpaired) electrons. The molecule has 0 bridgehead atoms. The first-order chi connectivity index (χ1) is 7.34. The second kappa shape index (κ2) is 7.68. The zero-order valence-corrected chi connectivity index (χ0v) is 9.41. The molecular formula is C11H21NO3. The monoisotopic (exact) mass is 215 g/mol. The number of hydrogen-bond acceptors (Lipinski definition) is 4. The van der Waals surface area contributed by atoms with Gasteiger partial charge in [0.15, 0.2) is 0 Å². The van der Waals surface area contributed by atoms with Crippen LogP contribution < -0.4 is 5.73 Å².